The van der Waals surface area contributed by atoms with Crippen molar-refractivity contribution in [3.05, 3.63) is 69.8 Å². The SMILES string of the molecule is CCC(C)(C)n1nnnc1CN(CCc1ccc(OC)c(OC)c1)Cc1cc2cc(OC)ccc2[nH]c1=O. The lowest BCUT2D eigenvalue weighted by molar-refractivity contribution is 0.225. The maximum atomic E-state index is 13.0. The molecular formula is C28H36N6O4. The largest absolute Gasteiger partial charge is 0.497 e. The maximum absolute atomic E-state index is 13.0. The first kappa shape index (κ1) is 27.1. The molecule has 0 saturated heterocycles. The van der Waals surface area contributed by atoms with Crippen LogP contribution in [-0.2, 0) is 25.0 Å². The number of tetrazole rings is 1. The van der Waals surface area contributed by atoms with Gasteiger partial charge in [-0.2, -0.15) is 0 Å². The Morgan fingerprint density at radius 3 is 2.47 bits per heavy atom. The van der Waals surface area contributed by atoms with E-state index < -0.39 is 0 Å². The van der Waals surface area contributed by atoms with Gasteiger partial charge in [0.15, 0.2) is 17.3 Å². The molecule has 0 unspecified atom stereocenters. The van der Waals surface area contributed by atoms with Crippen molar-refractivity contribution in [2.75, 3.05) is 27.9 Å². The fraction of sp³-hybridized carbons (Fsp3) is 0.429. The standard InChI is InChI=1S/C28H36N6O4/c1-7-28(2,3)34-26(30-31-32-34)18-33(13-12-19-8-11-24(37-5)25(14-19)38-6)17-21-15-20-16-22(36-4)9-10-23(20)29-27(21)35/h8-11,14-16H,7,12-13,17-18H2,1-6H3,(H,29,35). The van der Waals surface area contributed by atoms with E-state index in [9.17, 15) is 4.79 Å². The van der Waals surface area contributed by atoms with Gasteiger partial charge in [0, 0.05) is 29.6 Å². The van der Waals surface area contributed by atoms with Gasteiger partial charge in [-0.15, -0.1) is 5.10 Å². The van der Waals surface area contributed by atoms with Crippen molar-refractivity contribution in [2.24, 2.45) is 0 Å². The van der Waals surface area contributed by atoms with Gasteiger partial charge in [0.25, 0.3) is 5.56 Å². The minimum Gasteiger partial charge on any atom is -0.497 e. The number of pyridine rings is 1. The first-order valence-electron chi connectivity index (χ1n) is 12.7. The molecule has 10 heteroatoms. The summed E-state index contributed by atoms with van der Waals surface area (Å²) >= 11 is 0. The number of fused-ring (bicyclic) bond motifs is 1. The van der Waals surface area contributed by atoms with Crippen molar-refractivity contribution in [1.82, 2.24) is 30.1 Å². The number of hydrogen-bond donors (Lipinski definition) is 1. The summed E-state index contributed by atoms with van der Waals surface area (Å²) in [6, 6.07) is 13.5. The Morgan fingerprint density at radius 1 is 0.974 bits per heavy atom. The maximum Gasteiger partial charge on any atom is 0.252 e. The van der Waals surface area contributed by atoms with Crippen LogP contribution in [0.4, 0.5) is 0 Å². The Kier molecular flexibility index (Phi) is 8.31. The summed E-state index contributed by atoms with van der Waals surface area (Å²) in [5.41, 5.74) is 2.17. The lowest BCUT2D eigenvalue weighted by Gasteiger charge is -2.27. The molecule has 10 nitrogen and oxygen atoms in total. The molecule has 1 N–H and O–H groups in total. The molecule has 0 aliphatic rings. The second-order valence-electron chi connectivity index (χ2n) is 9.90. The van der Waals surface area contributed by atoms with Gasteiger partial charge in [-0.05, 0) is 79.1 Å². The molecule has 4 rings (SSSR count). The van der Waals surface area contributed by atoms with Crippen LogP contribution in [0.2, 0.25) is 0 Å². The molecule has 2 aromatic heterocycles. The first-order chi connectivity index (χ1) is 18.3. The van der Waals surface area contributed by atoms with E-state index >= 15 is 0 Å². The molecule has 0 atom stereocenters. The van der Waals surface area contributed by atoms with Gasteiger partial charge in [0.1, 0.15) is 5.75 Å². The van der Waals surface area contributed by atoms with E-state index in [4.69, 9.17) is 14.2 Å². The van der Waals surface area contributed by atoms with Crippen LogP contribution in [0.5, 0.6) is 17.2 Å². The molecule has 0 fully saturated rings. The fourth-order valence-corrected chi connectivity index (χ4v) is 4.38. The molecule has 4 aromatic rings. The van der Waals surface area contributed by atoms with Crippen LogP contribution in [-0.4, -0.2) is 58.0 Å². The second-order valence-corrected chi connectivity index (χ2v) is 9.90. The Labute approximate surface area is 222 Å². The van der Waals surface area contributed by atoms with E-state index in [1.807, 2.05) is 47.1 Å². The summed E-state index contributed by atoms with van der Waals surface area (Å²) in [5.74, 6) is 2.86. The minimum absolute atomic E-state index is 0.118. The van der Waals surface area contributed by atoms with Crippen molar-refractivity contribution in [3.63, 3.8) is 0 Å². The Bertz CT molecular complexity index is 1450. The third-order valence-corrected chi connectivity index (χ3v) is 7.02. The number of aromatic nitrogens is 5. The normalized spacial score (nSPS) is 11.8. The number of nitrogens with zero attached hydrogens (tertiary/aromatic N) is 5. The van der Waals surface area contributed by atoms with E-state index in [0.29, 0.717) is 36.7 Å². The van der Waals surface area contributed by atoms with Crippen molar-refractivity contribution >= 4 is 10.9 Å². The van der Waals surface area contributed by atoms with E-state index in [2.05, 4.69) is 46.2 Å². The molecule has 0 amide bonds. The summed E-state index contributed by atoms with van der Waals surface area (Å²) in [4.78, 5) is 18.2. The molecule has 0 aliphatic carbocycles. The minimum atomic E-state index is -0.231. The first-order valence-corrected chi connectivity index (χ1v) is 12.7. The number of aromatic amines is 1. The van der Waals surface area contributed by atoms with Crippen LogP contribution in [0.25, 0.3) is 10.9 Å². The zero-order valence-corrected chi connectivity index (χ0v) is 22.9. The molecule has 38 heavy (non-hydrogen) atoms. The summed E-state index contributed by atoms with van der Waals surface area (Å²) < 4.78 is 18.1. The molecule has 2 aromatic carbocycles. The van der Waals surface area contributed by atoms with E-state index in [-0.39, 0.29) is 11.1 Å². The Balaban J connectivity index is 1.65. The third-order valence-electron chi connectivity index (χ3n) is 7.02. The number of nitrogens with one attached hydrogen (secondary N) is 1. The van der Waals surface area contributed by atoms with E-state index in [0.717, 1.165) is 40.9 Å². The van der Waals surface area contributed by atoms with Gasteiger partial charge in [-0.25, -0.2) is 4.68 Å². The Hall–Kier alpha value is -3.92. The van der Waals surface area contributed by atoms with Gasteiger partial charge >= 0.3 is 0 Å². The number of H-pyrrole nitrogens is 1. The van der Waals surface area contributed by atoms with Gasteiger partial charge in [-0.3, -0.25) is 9.69 Å². The highest BCUT2D eigenvalue weighted by Crippen LogP contribution is 2.28. The second kappa shape index (κ2) is 11.6. The predicted octanol–water partition coefficient (Wildman–Crippen LogP) is 3.93. The zero-order valence-electron chi connectivity index (χ0n) is 22.9. The molecule has 0 spiro atoms. The monoisotopic (exact) mass is 520 g/mol. The topological polar surface area (TPSA) is 107 Å². The van der Waals surface area contributed by atoms with Crippen molar-refractivity contribution in [3.8, 4) is 17.2 Å². The van der Waals surface area contributed by atoms with Gasteiger partial charge in [-0.1, -0.05) is 13.0 Å². The number of rotatable bonds is 12. The van der Waals surface area contributed by atoms with Gasteiger partial charge < -0.3 is 19.2 Å². The van der Waals surface area contributed by atoms with E-state index in [1.54, 1.807) is 21.3 Å². The predicted molar refractivity (Wildman–Crippen MR) is 146 cm³/mol. The average Bonchev–Trinajstić information content (AvgIpc) is 3.40. The molecule has 202 valence electrons. The molecule has 0 radical (unpaired) electrons. The number of hydrogen-bond acceptors (Lipinski definition) is 8. The lowest BCUT2D eigenvalue weighted by Crippen LogP contribution is -2.33. The zero-order chi connectivity index (χ0) is 27.3. The highest BCUT2D eigenvalue weighted by molar-refractivity contribution is 5.80. The van der Waals surface area contributed by atoms with Crippen LogP contribution in [0.3, 0.4) is 0 Å². The smallest absolute Gasteiger partial charge is 0.252 e. The Morgan fingerprint density at radius 2 is 1.76 bits per heavy atom. The van der Waals surface area contributed by atoms with Gasteiger partial charge in [0.2, 0.25) is 0 Å². The number of ether oxygens (including phenoxy) is 3. The van der Waals surface area contributed by atoms with Gasteiger partial charge in [0.05, 0.1) is 33.4 Å². The molecule has 2 heterocycles. The quantitative estimate of drug-likeness (QED) is 0.299. The van der Waals surface area contributed by atoms with Crippen LogP contribution >= 0.6 is 0 Å². The van der Waals surface area contributed by atoms with Crippen LogP contribution in [0, 0.1) is 0 Å². The summed E-state index contributed by atoms with van der Waals surface area (Å²) in [6.45, 7) is 7.92. The third kappa shape index (κ3) is 5.96. The molecular weight excluding hydrogens is 484 g/mol. The molecule has 0 bridgehead atoms. The molecule has 0 saturated carbocycles. The fourth-order valence-electron chi connectivity index (χ4n) is 4.38. The van der Waals surface area contributed by atoms with Crippen molar-refractivity contribution < 1.29 is 14.2 Å². The van der Waals surface area contributed by atoms with Crippen LogP contribution in [0.1, 0.15) is 44.1 Å². The summed E-state index contributed by atoms with van der Waals surface area (Å²) in [5, 5.41) is 13.5. The highest BCUT2D eigenvalue weighted by atomic mass is 16.5. The van der Waals surface area contributed by atoms with Crippen molar-refractivity contribution in [2.45, 2.75) is 52.2 Å². The lowest BCUT2D eigenvalue weighted by atomic mass is 10.0. The van der Waals surface area contributed by atoms with E-state index in [1.165, 1.54) is 0 Å². The number of methoxy groups -OCH3 is 3. The average molecular weight is 521 g/mol. The summed E-state index contributed by atoms with van der Waals surface area (Å²) in [6.07, 6.45) is 1.61. The molecule has 0 aliphatic heterocycles. The number of benzene rings is 2. The van der Waals surface area contributed by atoms with Crippen LogP contribution in [0.15, 0.2) is 47.3 Å². The summed E-state index contributed by atoms with van der Waals surface area (Å²) in [7, 11) is 4.88. The highest BCUT2D eigenvalue weighted by Gasteiger charge is 2.25. The van der Waals surface area contributed by atoms with Crippen LogP contribution < -0.4 is 19.8 Å². The van der Waals surface area contributed by atoms with Crippen molar-refractivity contribution in [1.29, 1.82) is 0 Å².